The van der Waals surface area contributed by atoms with Crippen LogP contribution in [0.4, 0.5) is 0 Å². The average molecular weight is 366 g/mol. The summed E-state index contributed by atoms with van der Waals surface area (Å²) in [6, 6.07) is 8.71. The van der Waals surface area contributed by atoms with Crippen molar-refractivity contribution in [3.05, 3.63) is 36.0 Å². The van der Waals surface area contributed by atoms with Crippen LogP contribution in [0.1, 0.15) is 39.4 Å². The quantitative estimate of drug-likeness (QED) is 0.831. The first-order chi connectivity index (χ1) is 12.8. The molecule has 4 aliphatic rings. The molecule has 0 atom stereocenters. The first kappa shape index (κ1) is 17.4. The van der Waals surface area contributed by atoms with E-state index >= 15 is 0 Å². The molecule has 4 nitrogen and oxygen atoms in total. The van der Waals surface area contributed by atoms with E-state index in [0.717, 1.165) is 26.2 Å². The van der Waals surface area contributed by atoms with Crippen LogP contribution >= 0.6 is 0 Å². The number of aryl methyl sites for hydroxylation is 1. The summed E-state index contributed by atoms with van der Waals surface area (Å²) in [6.45, 7) is 12.6. The number of benzene rings is 1. The van der Waals surface area contributed by atoms with Gasteiger partial charge < -0.3 is 4.57 Å². The zero-order valence-corrected chi connectivity index (χ0v) is 17.2. The van der Waals surface area contributed by atoms with E-state index in [1.54, 1.807) is 0 Å². The number of para-hydroxylation sites is 1. The van der Waals surface area contributed by atoms with E-state index in [9.17, 15) is 4.79 Å². The summed E-state index contributed by atoms with van der Waals surface area (Å²) in [5.74, 6) is 1.30. The van der Waals surface area contributed by atoms with Gasteiger partial charge in [-0.25, -0.2) is 0 Å². The Kier molecular flexibility index (Phi) is 3.52. The molecule has 4 fully saturated rings. The highest BCUT2D eigenvalue weighted by atomic mass is 16.1. The van der Waals surface area contributed by atoms with Gasteiger partial charge in [0, 0.05) is 55.9 Å². The van der Waals surface area contributed by atoms with Gasteiger partial charge in [0.05, 0.1) is 17.0 Å². The van der Waals surface area contributed by atoms with Crippen LogP contribution < -0.4 is 0 Å². The monoisotopic (exact) mass is 365 g/mol. The molecule has 4 aliphatic heterocycles. The van der Waals surface area contributed by atoms with Crippen molar-refractivity contribution in [3.8, 4) is 0 Å². The molecule has 0 aliphatic carbocycles. The van der Waals surface area contributed by atoms with Crippen LogP contribution in [0.25, 0.3) is 10.9 Å². The molecule has 6 rings (SSSR count). The van der Waals surface area contributed by atoms with E-state index in [0.29, 0.717) is 23.8 Å². The summed E-state index contributed by atoms with van der Waals surface area (Å²) < 4.78 is 2.25. The molecule has 144 valence electrons. The average Bonchev–Trinajstić information content (AvgIpc) is 2.95. The van der Waals surface area contributed by atoms with Gasteiger partial charge in [-0.1, -0.05) is 45.9 Å². The zero-order valence-electron chi connectivity index (χ0n) is 17.2. The molecule has 27 heavy (non-hydrogen) atoms. The van der Waals surface area contributed by atoms with Crippen molar-refractivity contribution >= 4 is 16.7 Å². The number of rotatable bonds is 3. The molecule has 0 N–H and O–H groups in total. The van der Waals surface area contributed by atoms with Gasteiger partial charge in [0.2, 0.25) is 0 Å². The van der Waals surface area contributed by atoms with E-state index < -0.39 is 0 Å². The molecule has 0 spiro atoms. The first-order valence-corrected chi connectivity index (χ1v) is 10.4. The van der Waals surface area contributed by atoms with E-state index in [2.05, 4.69) is 79.6 Å². The third kappa shape index (κ3) is 2.03. The van der Waals surface area contributed by atoms with Crippen LogP contribution in [0, 0.1) is 22.7 Å². The molecule has 0 radical (unpaired) electrons. The standard InChI is InChI=1S/C23H31N3O/c1-15(2)22-11-25-13-23(16(3)4,21(22)27)14-26(12-22)20(25)18-10-24(5)19-9-7-6-8-17(18)19/h6-10,15-16,20H,11-14H2,1-5H3. The van der Waals surface area contributed by atoms with Crippen molar-refractivity contribution in [3.63, 3.8) is 0 Å². The lowest BCUT2D eigenvalue weighted by Crippen LogP contribution is -2.78. The molecule has 1 aromatic carbocycles. The molecule has 4 heteroatoms. The lowest BCUT2D eigenvalue weighted by atomic mass is 9.53. The number of fused-ring (bicyclic) bond motifs is 1. The molecule has 4 saturated heterocycles. The van der Waals surface area contributed by atoms with E-state index in [4.69, 9.17) is 0 Å². The number of ketones is 1. The Balaban J connectivity index is 1.65. The first-order valence-electron chi connectivity index (χ1n) is 10.4. The van der Waals surface area contributed by atoms with Crippen molar-refractivity contribution in [1.82, 2.24) is 14.4 Å². The molecular weight excluding hydrogens is 334 g/mol. The number of Topliss-reactive ketones (excluding diaryl/α,β-unsaturated/α-hetero) is 1. The Morgan fingerprint density at radius 2 is 1.44 bits per heavy atom. The van der Waals surface area contributed by atoms with Crippen LogP contribution in [0.15, 0.2) is 30.5 Å². The third-order valence-electron chi connectivity index (χ3n) is 7.95. The second-order valence-corrected chi connectivity index (χ2v) is 9.85. The second kappa shape index (κ2) is 5.45. The summed E-state index contributed by atoms with van der Waals surface area (Å²) in [7, 11) is 2.14. The summed E-state index contributed by atoms with van der Waals surface area (Å²) in [6.07, 6.45) is 2.60. The van der Waals surface area contributed by atoms with Gasteiger partial charge >= 0.3 is 0 Å². The maximum atomic E-state index is 13.7. The number of carbonyl (C=O) groups excluding carboxylic acids is 1. The van der Waals surface area contributed by atoms with Crippen LogP contribution in [-0.4, -0.2) is 46.3 Å². The van der Waals surface area contributed by atoms with Crippen LogP contribution in [0.3, 0.4) is 0 Å². The molecule has 0 unspecified atom stereocenters. The largest absolute Gasteiger partial charge is 0.350 e. The molecule has 4 bridgehead atoms. The lowest BCUT2D eigenvalue weighted by Gasteiger charge is -2.68. The van der Waals surface area contributed by atoms with Gasteiger partial charge in [-0.15, -0.1) is 0 Å². The predicted molar refractivity (Wildman–Crippen MR) is 108 cm³/mol. The Morgan fingerprint density at radius 3 is 1.96 bits per heavy atom. The van der Waals surface area contributed by atoms with E-state index in [1.165, 1.54) is 16.5 Å². The molecule has 5 heterocycles. The third-order valence-corrected chi connectivity index (χ3v) is 7.95. The van der Waals surface area contributed by atoms with Gasteiger partial charge in [0.1, 0.15) is 0 Å². The minimum absolute atomic E-state index is 0.206. The van der Waals surface area contributed by atoms with Crippen LogP contribution in [0.2, 0.25) is 0 Å². The molecular formula is C23H31N3O. The fourth-order valence-corrected chi connectivity index (χ4v) is 6.25. The lowest BCUT2D eigenvalue weighted by molar-refractivity contribution is -0.217. The smallest absolute Gasteiger partial charge is 0.150 e. The van der Waals surface area contributed by atoms with Crippen LogP contribution in [-0.2, 0) is 11.8 Å². The summed E-state index contributed by atoms with van der Waals surface area (Å²) >= 11 is 0. The highest BCUT2D eigenvalue weighted by Gasteiger charge is 2.67. The summed E-state index contributed by atoms with van der Waals surface area (Å²) in [5.41, 5.74) is 2.28. The fraction of sp³-hybridized carbons (Fsp3) is 0.609. The van der Waals surface area contributed by atoms with E-state index in [-0.39, 0.29) is 10.8 Å². The highest BCUT2D eigenvalue weighted by Crippen LogP contribution is 2.57. The van der Waals surface area contributed by atoms with Crippen LogP contribution in [0.5, 0.6) is 0 Å². The minimum Gasteiger partial charge on any atom is -0.350 e. The van der Waals surface area contributed by atoms with Gasteiger partial charge in [0.15, 0.2) is 5.78 Å². The van der Waals surface area contributed by atoms with Gasteiger partial charge in [-0.05, 0) is 17.9 Å². The zero-order chi connectivity index (χ0) is 19.1. The normalized spacial score (nSPS) is 37.9. The summed E-state index contributed by atoms with van der Waals surface area (Å²) in [5, 5.41) is 1.35. The number of piperidine rings is 2. The fourth-order valence-electron chi connectivity index (χ4n) is 6.25. The number of carbonyl (C=O) groups is 1. The van der Waals surface area contributed by atoms with Crippen molar-refractivity contribution in [2.75, 3.05) is 26.2 Å². The maximum Gasteiger partial charge on any atom is 0.150 e. The highest BCUT2D eigenvalue weighted by molar-refractivity contribution is 5.94. The second-order valence-electron chi connectivity index (χ2n) is 9.85. The molecule has 0 amide bonds. The Labute approximate surface area is 162 Å². The van der Waals surface area contributed by atoms with Gasteiger partial charge in [-0.3, -0.25) is 14.6 Å². The topological polar surface area (TPSA) is 28.5 Å². The number of hydrogen-bond acceptors (Lipinski definition) is 3. The van der Waals surface area contributed by atoms with Crippen molar-refractivity contribution in [2.45, 2.75) is 33.9 Å². The SMILES string of the molecule is CC(C)C12CN3CC(C(C)C)(CN(C1)C3c1cn(C)c3ccccc13)C2=O. The van der Waals surface area contributed by atoms with Gasteiger partial charge in [0.25, 0.3) is 0 Å². The molecule has 2 aromatic rings. The Hall–Kier alpha value is -1.65. The van der Waals surface area contributed by atoms with Gasteiger partial charge in [-0.2, -0.15) is 0 Å². The van der Waals surface area contributed by atoms with E-state index in [1.807, 2.05) is 0 Å². The maximum absolute atomic E-state index is 13.7. The van der Waals surface area contributed by atoms with Crippen molar-refractivity contribution in [2.24, 2.45) is 29.7 Å². The number of nitrogens with zero attached hydrogens (tertiary/aromatic N) is 3. The number of hydrogen-bond donors (Lipinski definition) is 0. The summed E-state index contributed by atoms with van der Waals surface area (Å²) in [4.78, 5) is 18.9. The minimum atomic E-state index is -0.206. The molecule has 0 saturated carbocycles. The Bertz CT molecular complexity index is 879. The van der Waals surface area contributed by atoms with Crippen molar-refractivity contribution < 1.29 is 4.79 Å². The predicted octanol–water partition coefficient (Wildman–Crippen LogP) is 3.68. The Morgan fingerprint density at radius 1 is 0.926 bits per heavy atom. The van der Waals surface area contributed by atoms with Crippen molar-refractivity contribution in [1.29, 1.82) is 0 Å². The number of aromatic nitrogens is 1. The molecule has 1 aromatic heterocycles.